The van der Waals surface area contributed by atoms with Crippen molar-refractivity contribution >= 4 is 21.0 Å². The molecule has 0 aromatic carbocycles. The highest BCUT2D eigenvalue weighted by molar-refractivity contribution is 8.71. The van der Waals surface area contributed by atoms with Crippen molar-refractivity contribution in [3.63, 3.8) is 0 Å². The Labute approximate surface area is 103 Å². The van der Waals surface area contributed by atoms with Crippen LogP contribution in [0.1, 0.15) is 25.7 Å². The SMILES string of the molecule is O[C@@H]1CCCCC1C#SSc1ccccn1. The molecule has 86 valence electrons. The minimum Gasteiger partial charge on any atom is -0.392 e. The standard InChI is InChI=1S/C12H15NOS2/c14-11-6-2-1-5-10(11)9-15-16-12-7-3-4-8-13-12/h3-4,7-8,10-11,14H,1-2,5-6H2/t10?,11-/m1/s1. The van der Waals surface area contributed by atoms with E-state index in [4.69, 9.17) is 0 Å². The number of aliphatic hydroxyl groups excluding tert-OH is 1. The maximum atomic E-state index is 9.77. The van der Waals surface area contributed by atoms with Crippen molar-refractivity contribution in [2.45, 2.75) is 36.8 Å². The molecule has 2 rings (SSSR count). The minimum absolute atomic E-state index is 0.189. The second-order valence-electron chi connectivity index (χ2n) is 3.91. The highest BCUT2D eigenvalue weighted by Crippen LogP contribution is 2.27. The summed E-state index contributed by atoms with van der Waals surface area (Å²) >= 11 is 0. The van der Waals surface area contributed by atoms with E-state index >= 15 is 0 Å². The molecule has 1 unspecified atom stereocenters. The zero-order chi connectivity index (χ0) is 11.2. The fourth-order valence-electron chi connectivity index (χ4n) is 1.77. The Morgan fingerprint density at radius 3 is 2.94 bits per heavy atom. The first-order valence-electron chi connectivity index (χ1n) is 5.54. The Morgan fingerprint density at radius 1 is 1.31 bits per heavy atom. The predicted molar refractivity (Wildman–Crippen MR) is 69.5 cm³/mol. The first-order chi connectivity index (χ1) is 7.86. The van der Waals surface area contributed by atoms with Gasteiger partial charge in [-0.2, -0.15) is 0 Å². The number of aliphatic hydroxyl groups is 1. The van der Waals surface area contributed by atoms with Crippen LogP contribution in [-0.2, 0) is 0 Å². The van der Waals surface area contributed by atoms with E-state index in [0.717, 1.165) is 24.3 Å². The van der Waals surface area contributed by atoms with Gasteiger partial charge >= 0.3 is 0 Å². The lowest BCUT2D eigenvalue weighted by atomic mass is 9.88. The van der Waals surface area contributed by atoms with Crippen molar-refractivity contribution in [1.82, 2.24) is 4.98 Å². The summed E-state index contributed by atoms with van der Waals surface area (Å²) in [6.07, 6.45) is 5.95. The summed E-state index contributed by atoms with van der Waals surface area (Å²) in [4.78, 5) is 4.22. The molecule has 0 aliphatic heterocycles. The number of nitrogens with zero attached hydrogens (tertiary/aromatic N) is 1. The molecule has 1 aromatic rings. The van der Waals surface area contributed by atoms with Gasteiger partial charge in [0.15, 0.2) is 0 Å². The van der Waals surface area contributed by atoms with Crippen LogP contribution in [0, 0.1) is 11.1 Å². The fourth-order valence-corrected chi connectivity index (χ4v) is 3.61. The molecule has 1 aliphatic carbocycles. The molecule has 0 saturated heterocycles. The van der Waals surface area contributed by atoms with Crippen LogP contribution >= 0.6 is 21.0 Å². The van der Waals surface area contributed by atoms with Gasteiger partial charge < -0.3 is 5.11 Å². The third kappa shape index (κ3) is 3.49. The Hall–Kier alpha value is -0.540. The van der Waals surface area contributed by atoms with E-state index in [0.29, 0.717) is 0 Å². The van der Waals surface area contributed by atoms with Crippen molar-refractivity contribution in [3.8, 4) is 5.18 Å². The van der Waals surface area contributed by atoms with E-state index in [1.54, 1.807) is 27.2 Å². The number of aromatic nitrogens is 1. The fraction of sp³-hybridized carbons (Fsp3) is 0.500. The molecule has 2 nitrogen and oxygen atoms in total. The predicted octanol–water partition coefficient (Wildman–Crippen LogP) is 3.33. The molecule has 1 aliphatic rings. The van der Waals surface area contributed by atoms with Crippen LogP contribution in [0.4, 0.5) is 0 Å². The molecule has 0 spiro atoms. The summed E-state index contributed by atoms with van der Waals surface area (Å²) in [5, 5.41) is 14.1. The largest absolute Gasteiger partial charge is 0.392 e. The van der Waals surface area contributed by atoms with Gasteiger partial charge in [-0.15, -0.1) is 0 Å². The number of rotatable bonds is 1. The van der Waals surface area contributed by atoms with E-state index in [9.17, 15) is 5.11 Å². The molecule has 2 atom stereocenters. The molecule has 1 N–H and O–H groups in total. The smallest absolute Gasteiger partial charge is 0.111 e. The van der Waals surface area contributed by atoms with Gasteiger partial charge in [-0.3, -0.25) is 0 Å². The summed E-state index contributed by atoms with van der Waals surface area (Å²) in [6, 6.07) is 5.87. The van der Waals surface area contributed by atoms with Gasteiger partial charge in [0.2, 0.25) is 0 Å². The first-order valence-corrected chi connectivity index (χ1v) is 7.69. The van der Waals surface area contributed by atoms with Crippen LogP contribution in [0.15, 0.2) is 29.4 Å². The zero-order valence-corrected chi connectivity index (χ0v) is 10.6. The highest BCUT2D eigenvalue weighted by atomic mass is 33.1. The monoisotopic (exact) mass is 253 g/mol. The molecule has 4 heteroatoms. The molecule has 16 heavy (non-hydrogen) atoms. The average molecular weight is 253 g/mol. The third-order valence-electron chi connectivity index (χ3n) is 2.69. The third-order valence-corrected chi connectivity index (χ3v) is 4.64. The number of pyridine rings is 1. The summed E-state index contributed by atoms with van der Waals surface area (Å²) < 4.78 is 0. The second-order valence-corrected chi connectivity index (χ2v) is 5.90. The Kier molecular flexibility index (Phi) is 4.67. The Morgan fingerprint density at radius 2 is 2.19 bits per heavy atom. The van der Waals surface area contributed by atoms with Gasteiger partial charge in [-0.25, -0.2) is 4.98 Å². The normalized spacial score (nSPS) is 24.8. The zero-order valence-electron chi connectivity index (χ0n) is 9.00. The van der Waals surface area contributed by atoms with Gasteiger partial charge in [-0.1, -0.05) is 34.3 Å². The van der Waals surface area contributed by atoms with Crippen LogP contribution in [0.5, 0.6) is 0 Å². The van der Waals surface area contributed by atoms with Crippen LogP contribution in [0.2, 0.25) is 0 Å². The van der Waals surface area contributed by atoms with Crippen LogP contribution in [0.25, 0.3) is 0 Å². The van der Waals surface area contributed by atoms with Gasteiger partial charge in [-0.05, 0) is 35.8 Å². The number of hydrogen-bond donors (Lipinski definition) is 1. The molecule has 1 aromatic heterocycles. The van der Waals surface area contributed by atoms with E-state index in [1.807, 2.05) is 18.2 Å². The lowest BCUT2D eigenvalue weighted by Gasteiger charge is -2.22. The van der Waals surface area contributed by atoms with Gasteiger partial charge in [0.1, 0.15) is 5.03 Å². The maximum Gasteiger partial charge on any atom is 0.111 e. The van der Waals surface area contributed by atoms with Crippen molar-refractivity contribution in [1.29, 1.82) is 0 Å². The lowest BCUT2D eigenvalue weighted by molar-refractivity contribution is 0.0974. The summed E-state index contributed by atoms with van der Waals surface area (Å²) in [5.74, 6) is 0.231. The second kappa shape index (κ2) is 6.26. The van der Waals surface area contributed by atoms with Gasteiger partial charge in [0.05, 0.1) is 6.10 Å². The van der Waals surface area contributed by atoms with Crippen LogP contribution in [-0.4, -0.2) is 16.2 Å². The van der Waals surface area contributed by atoms with E-state index < -0.39 is 0 Å². The van der Waals surface area contributed by atoms with E-state index in [2.05, 4.69) is 10.2 Å². The molecular formula is C12H15NOS2. The Balaban J connectivity index is 1.90. The van der Waals surface area contributed by atoms with Crippen LogP contribution in [0.3, 0.4) is 0 Å². The summed E-state index contributed by atoms with van der Waals surface area (Å²) in [6.45, 7) is 0. The first kappa shape index (κ1) is 11.9. The number of hydrogen-bond acceptors (Lipinski definition) is 3. The molecule has 1 fully saturated rings. The van der Waals surface area contributed by atoms with Gasteiger partial charge in [0.25, 0.3) is 0 Å². The average Bonchev–Trinajstić information content (AvgIpc) is 2.33. The van der Waals surface area contributed by atoms with Crippen molar-refractivity contribution in [2.75, 3.05) is 0 Å². The summed E-state index contributed by atoms with van der Waals surface area (Å²) in [5.41, 5.74) is 0. The van der Waals surface area contributed by atoms with E-state index in [1.165, 1.54) is 6.42 Å². The quantitative estimate of drug-likeness (QED) is 0.779. The molecule has 0 bridgehead atoms. The molecular weight excluding hydrogens is 238 g/mol. The topological polar surface area (TPSA) is 33.1 Å². The molecule has 0 radical (unpaired) electrons. The van der Waals surface area contributed by atoms with Crippen LogP contribution < -0.4 is 0 Å². The van der Waals surface area contributed by atoms with Crippen molar-refractivity contribution in [3.05, 3.63) is 24.4 Å². The summed E-state index contributed by atoms with van der Waals surface area (Å²) in [7, 11) is 3.16. The molecule has 1 saturated carbocycles. The molecule has 0 amide bonds. The van der Waals surface area contributed by atoms with Gasteiger partial charge in [0, 0.05) is 12.1 Å². The maximum absolute atomic E-state index is 9.77. The lowest BCUT2D eigenvalue weighted by Crippen LogP contribution is -2.22. The van der Waals surface area contributed by atoms with Crippen molar-refractivity contribution < 1.29 is 5.11 Å². The highest BCUT2D eigenvalue weighted by Gasteiger charge is 2.20. The molecule has 1 heterocycles. The van der Waals surface area contributed by atoms with Crippen molar-refractivity contribution in [2.24, 2.45) is 5.92 Å². The van der Waals surface area contributed by atoms with E-state index in [-0.39, 0.29) is 12.0 Å². The Bertz CT molecular complexity index is 385. The minimum atomic E-state index is -0.189.